The largest absolute Gasteiger partial charge is 0.441 e. The van der Waals surface area contributed by atoms with Gasteiger partial charge in [-0.3, -0.25) is 4.79 Å². The number of hydrogen-bond acceptors (Lipinski definition) is 3. The number of oxazole rings is 1. The van der Waals surface area contributed by atoms with Gasteiger partial charge in [-0.15, -0.1) is 0 Å². The molecule has 130 valence electrons. The second-order valence-corrected chi connectivity index (χ2v) is 5.72. The highest BCUT2D eigenvalue weighted by atomic mass is 35.5. The zero-order valence-corrected chi connectivity index (χ0v) is 13.5. The zero-order valence-electron chi connectivity index (χ0n) is 12.7. The Hall–Kier alpha value is -2.54. The highest BCUT2D eigenvalue weighted by Gasteiger charge is 2.33. The van der Waals surface area contributed by atoms with Gasteiger partial charge in [0.25, 0.3) is 0 Å². The van der Waals surface area contributed by atoms with Crippen LogP contribution >= 0.6 is 11.6 Å². The van der Waals surface area contributed by atoms with Gasteiger partial charge in [0.2, 0.25) is 5.91 Å². The summed E-state index contributed by atoms with van der Waals surface area (Å²) in [6.07, 6.45) is -4.33. The van der Waals surface area contributed by atoms with Crippen LogP contribution in [0.2, 0.25) is 5.02 Å². The molecular formula is C17H12ClF3N2O2. The molecular weight excluding hydrogens is 357 g/mol. The van der Waals surface area contributed by atoms with Crippen LogP contribution < -0.4 is 5.32 Å². The van der Waals surface area contributed by atoms with Crippen molar-refractivity contribution >= 4 is 34.3 Å². The van der Waals surface area contributed by atoms with Crippen molar-refractivity contribution in [1.29, 1.82) is 0 Å². The van der Waals surface area contributed by atoms with Crippen molar-refractivity contribution in [2.45, 2.75) is 19.0 Å². The van der Waals surface area contributed by atoms with Gasteiger partial charge in [0.15, 0.2) is 11.5 Å². The highest BCUT2D eigenvalue weighted by molar-refractivity contribution is 6.31. The van der Waals surface area contributed by atoms with E-state index in [4.69, 9.17) is 16.0 Å². The summed E-state index contributed by atoms with van der Waals surface area (Å²) < 4.78 is 43.9. The molecule has 1 N–H and O–H groups in total. The Bertz CT molecular complexity index is 889. The molecule has 0 fully saturated rings. The van der Waals surface area contributed by atoms with E-state index in [2.05, 4.69) is 10.3 Å². The molecule has 0 aliphatic rings. The Morgan fingerprint density at radius 3 is 2.68 bits per heavy atom. The van der Waals surface area contributed by atoms with Crippen LogP contribution in [0.5, 0.6) is 0 Å². The fraction of sp³-hybridized carbons (Fsp3) is 0.176. The van der Waals surface area contributed by atoms with Gasteiger partial charge < -0.3 is 9.73 Å². The molecule has 0 aliphatic carbocycles. The second-order valence-electron chi connectivity index (χ2n) is 5.32. The summed E-state index contributed by atoms with van der Waals surface area (Å²) in [4.78, 5) is 16.2. The van der Waals surface area contributed by atoms with Crippen LogP contribution in [0.1, 0.15) is 17.9 Å². The van der Waals surface area contributed by atoms with Crippen LogP contribution in [0.25, 0.3) is 11.1 Å². The van der Waals surface area contributed by atoms with Crippen LogP contribution in [-0.4, -0.2) is 10.9 Å². The Kier molecular flexibility index (Phi) is 4.67. The maximum atomic E-state index is 12.8. The molecule has 3 aromatic rings. The van der Waals surface area contributed by atoms with Gasteiger partial charge in [-0.05, 0) is 30.3 Å². The third-order valence-electron chi connectivity index (χ3n) is 3.46. The molecule has 1 aromatic heterocycles. The molecule has 2 aromatic carbocycles. The smallest absolute Gasteiger partial charge is 0.417 e. The predicted octanol–water partition coefficient (Wildman–Crippen LogP) is 5.07. The number of benzene rings is 2. The summed E-state index contributed by atoms with van der Waals surface area (Å²) >= 11 is 5.54. The van der Waals surface area contributed by atoms with Crippen LogP contribution in [0.4, 0.5) is 18.9 Å². The molecule has 0 radical (unpaired) electrons. The molecule has 0 aliphatic heterocycles. The number of rotatable bonds is 4. The predicted molar refractivity (Wildman–Crippen MR) is 87.4 cm³/mol. The van der Waals surface area contributed by atoms with Crippen LogP contribution in [-0.2, 0) is 17.4 Å². The molecule has 0 saturated carbocycles. The summed E-state index contributed by atoms with van der Waals surface area (Å²) in [6, 6.07) is 10.4. The zero-order chi connectivity index (χ0) is 18.0. The van der Waals surface area contributed by atoms with Gasteiger partial charge in [0.1, 0.15) is 5.52 Å². The standard InChI is InChI=1S/C17H12ClF3N2O2/c18-12-6-5-10(9-11(12)17(19,20)21)22-15(24)7-8-16-23-13-3-1-2-4-14(13)25-16/h1-6,9H,7-8H2,(H,22,24). The number of anilines is 1. The van der Waals surface area contributed by atoms with Gasteiger partial charge >= 0.3 is 6.18 Å². The summed E-state index contributed by atoms with van der Waals surface area (Å²) in [5.74, 6) is -0.0545. The fourth-order valence-corrected chi connectivity index (χ4v) is 2.52. The Balaban J connectivity index is 1.64. The van der Waals surface area contributed by atoms with E-state index in [0.29, 0.717) is 17.0 Å². The molecule has 3 rings (SSSR count). The van der Waals surface area contributed by atoms with E-state index in [-0.39, 0.29) is 18.5 Å². The average molecular weight is 369 g/mol. The second kappa shape index (κ2) is 6.76. The first-order valence-electron chi connectivity index (χ1n) is 7.34. The quantitative estimate of drug-likeness (QED) is 0.699. The number of para-hydroxylation sites is 2. The molecule has 0 spiro atoms. The molecule has 1 amide bonds. The number of fused-ring (bicyclic) bond motifs is 1. The summed E-state index contributed by atoms with van der Waals surface area (Å²) in [7, 11) is 0. The summed E-state index contributed by atoms with van der Waals surface area (Å²) in [6.45, 7) is 0. The van der Waals surface area contributed by atoms with Gasteiger partial charge in [-0.1, -0.05) is 23.7 Å². The van der Waals surface area contributed by atoms with Crippen molar-refractivity contribution in [2.75, 3.05) is 5.32 Å². The van der Waals surface area contributed by atoms with Gasteiger partial charge in [-0.2, -0.15) is 13.2 Å². The van der Waals surface area contributed by atoms with Crippen molar-refractivity contribution in [3.63, 3.8) is 0 Å². The third kappa shape index (κ3) is 4.11. The maximum absolute atomic E-state index is 12.8. The number of hydrogen-bond donors (Lipinski definition) is 1. The van der Waals surface area contributed by atoms with E-state index >= 15 is 0 Å². The Labute approximate surface area is 145 Å². The average Bonchev–Trinajstić information content (AvgIpc) is 2.96. The van der Waals surface area contributed by atoms with Crippen LogP contribution in [0, 0.1) is 0 Å². The maximum Gasteiger partial charge on any atom is 0.417 e. The van der Waals surface area contributed by atoms with Crippen molar-refractivity contribution in [1.82, 2.24) is 4.98 Å². The number of halogens is 4. The molecule has 0 atom stereocenters. The van der Waals surface area contributed by atoms with Gasteiger partial charge in [0.05, 0.1) is 10.6 Å². The van der Waals surface area contributed by atoms with Crippen molar-refractivity contribution < 1.29 is 22.4 Å². The lowest BCUT2D eigenvalue weighted by Crippen LogP contribution is -2.14. The van der Waals surface area contributed by atoms with E-state index in [1.54, 1.807) is 12.1 Å². The van der Waals surface area contributed by atoms with Crippen molar-refractivity contribution in [3.8, 4) is 0 Å². The SMILES string of the molecule is O=C(CCc1nc2ccccc2o1)Nc1ccc(Cl)c(C(F)(F)F)c1. The molecule has 1 heterocycles. The van der Waals surface area contributed by atoms with Crippen LogP contribution in [0.15, 0.2) is 46.9 Å². The lowest BCUT2D eigenvalue weighted by atomic mass is 10.2. The topological polar surface area (TPSA) is 55.1 Å². The molecule has 4 nitrogen and oxygen atoms in total. The van der Waals surface area contributed by atoms with Gasteiger partial charge in [-0.25, -0.2) is 4.98 Å². The Morgan fingerprint density at radius 1 is 1.20 bits per heavy atom. The van der Waals surface area contributed by atoms with E-state index in [1.165, 1.54) is 6.07 Å². The number of carbonyl (C=O) groups excluding carboxylic acids is 1. The number of nitrogens with one attached hydrogen (secondary N) is 1. The van der Waals surface area contributed by atoms with E-state index in [1.807, 2.05) is 12.1 Å². The number of carbonyl (C=O) groups is 1. The minimum Gasteiger partial charge on any atom is -0.441 e. The number of aromatic nitrogens is 1. The lowest BCUT2D eigenvalue weighted by Gasteiger charge is -2.11. The number of alkyl halides is 3. The number of amides is 1. The molecule has 0 bridgehead atoms. The molecule has 0 saturated heterocycles. The fourth-order valence-electron chi connectivity index (χ4n) is 2.29. The molecule has 0 unspecified atom stereocenters. The monoisotopic (exact) mass is 368 g/mol. The first-order valence-corrected chi connectivity index (χ1v) is 7.72. The first kappa shape index (κ1) is 17.3. The minimum atomic E-state index is -4.59. The number of nitrogens with zero attached hydrogens (tertiary/aromatic N) is 1. The van der Waals surface area contributed by atoms with Crippen LogP contribution in [0.3, 0.4) is 0 Å². The minimum absolute atomic E-state index is 0.0246. The number of aryl methyl sites for hydroxylation is 1. The first-order chi connectivity index (χ1) is 11.8. The summed E-state index contributed by atoms with van der Waals surface area (Å²) in [5.41, 5.74) is 0.334. The Morgan fingerprint density at radius 2 is 1.96 bits per heavy atom. The lowest BCUT2D eigenvalue weighted by molar-refractivity contribution is -0.137. The molecule has 25 heavy (non-hydrogen) atoms. The summed E-state index contributed by atoms with van der Waals surface area (Å²) in [5, 5.41) is 2.00. The van der Waals surface area contributed by atoms with E-state index < -0.39 is 22.7 Å². The van der Waals surface area contributed by atoms with E-state index in [9.17, 15) is 18.0 Å². The highest BCUT2D eigenvalue weighted by Crippen LogP contribution is 2.36. The van der Waals surface area contributed by atoms with Crippen molar-refractivity contribution in [3.05, 3.63) is 58.9 Å². The van der Waals surface area contributed by atoms with Gasteiger partial charge in [0, 0.05) is 18.5 Å². The molecule has 8 heteroatoms. The third-order valence-corrected chi connectivity index (χ3v) is 3.79. The van der Waals surface area contributed by atoms with E-state index in [0.717, 1.165) is 12.1 Å². The van der Waals surface area contributed by atoms with Crippen molar-refractivity contribution in [2.24, 2.45) is 0 Å². The normalized spacial score (nSPS) is 11.7.